The molecule has 5 nitrogen and oxygen atoms in total. The summed E-state index contributed by atoms with van der Waals surface area (Å²) >= 11 is 1.68. The van der Waals surface area contributed by atoms with Crippen LogP contribution in [-0.4, -0.2) is 33.7 Å². The maximum atomic E-state index is 12.4. The standard InChI is InChI=1S/C13H16N4OS/c1-16(10-5-4-6-14-7-10)13(18)11-8-15-12(9-19-3)17(11)2/h4-8H,9H2,1-3H3. The molecule has 0 radical (unpaired) electrons. The van der Waals surface area contributed by atoms with Gasteiger partial charge in [0.25, 0.3) is 5.91 Å². The molecule has 0 saturated heterocycles. The molecular weight excluding hydrogens is 260 g/mol. The molecule has 0 bridgehead atoms. The molecule has 100 valence electrons. The van der Waals surface area contributed by atoms with Gasteiger partial charge in [0.15, 0.2) is 0 Å². The van der Waals surface area contributed by atoms with Gasteiger partial charge in [-0.05, 0) is 18.4 Å². The van der Waals surface area contributed by atoms with Crippen molar-refractivity contribution in [3.63, 3.8) is 0 Å². The monoisotopic (exact) mass is 276 g/mol. The van der Waals surface area contributed by atoms with Crippen molar-refractivity contribution in [2.24, 2.45) is 7.05 Å². The average molecular weight is 276 g/mol. The van der Waals surface area contributed by atoms with E-state index >= 15 is 0 Å². The van der Waals surface area contributed by atoms with Crippen molar-refractivity contribution in [1.29, 1.82) is 0 Å². The van der Waals surface area contributed by atoms with Crippen LogP contribution in [0.5, 0.6) is 0 Å². The first kappa shape index (κ1) is 13.6. The van der Waals surface area contributed by atoms with Gasteiger partial charge < -0.3 is 9.47 Å². The molecule has 2 aromatic heterocycles. The largest absolute Gasteiger partial charge is 0.326 e. The van der Waals surface area contributed by atoms with Gasteiger partial charge in [0.1, 0.15) is 11.5 Å². The number of aromatic nitrogens is 3. The Balaban J connectivity index is 2.25. The number of anilines is 1. The number of thioether (sulfide) groups is 1. The Labute approximate surface area is 116 Å². The molecule has 0 N–H and O–H groups in total. The number of amides is 1. The molecule has 0 aliphatic heterocycles. The molecule has 0 unspecified atom stereocenters. The predicted molar refractivity (Wildman–Crippen MR) is 77.4 cm³/mol. The quantitative estimate of drug-likeness (QED) is 0.856. The summed E-state index contributed by atoms with van der Waals surface area (Å²) in [4.78, 5) is 22.3. The molecule has 0 aliphatic rings. The zero-order valence-corrected chi connectivity index (χ0v) is 12.0. The second-order valence-electron chi connectivity index (χ2n) is 4.13. The van der Waals surface area contributed by atoms with E-state index in [-0.39, 0.29) is 5.91 Å². The number of hydrogen-bond acceptors (Lipinski definition) is 4. The van der Waals surface area contributed by atoms with Gasteiger partial charge in [0, 0.05) is 20.3 Å². The normalized spacial score (nSPS) is 10.5. The van der Waals surface area contributed by atoms with E-state index in [1.165, 1.54) is 0 Å². The lowest BCUT2D eigenvalue weighted by atomic mass is 10.3. The summed E-state index contributed by atoms with van der Waals surface area (Å²) in [5, 5.41) is 0. The minimum absolute atomic E-state index is 0.0876. The van der Waals surface area contributed by atoms with Gasteiger partial charge in [-0.3, -0.25) is 9.78 Å². The van der Waals surface area contributed by atoms with Gasteiger partial charge in [0.05, 0.1) is 23.8 Å². The van der Waals surface area contributed by atoms with Gasteiger partial charge >= 0.3 is 0 Å². The van der Waals surface area contributed by atoms with Crippen LogP contribution >= 0.6 is 11.8 Å². The van der Waals surface area contributed by atoms with Crippen molar-refractivity contribution in [2.45, 2.75) is 5.75 Å². The Bertz CT molecular complexity index is 567. The lowest BCUT2D eigenvalue weighted by molar-refractivity contribution is 0.0985. The van der Waals surface area contributed by atoms with E-state index < -0.39 is 0 Å². The number of carbonyl (C=O) groups excluding carboxylic acids is 1. The van der Waals surface area contributed by atoms with E-state index in [1.54, 1.807) is 42.3 Å². The Kier molecular flexibility index (Phi) is 4.21. The second kappa shape index (κ2) is 5.88. The number of imidazole rings is 1. The first-order valence-electron chi connectivity index (χ1n) is 5.82. The molecular formula is C13H16N4OS. The summed E-state index contributed by atoms with van der Waals surface area (Å²) in [6.07, 6.45) is 6.98. The molecule has 0 atom stereocenters. The first-order valence-corrected chi connectivity index (χ1v) is 7.22. The Morgan fingerprint density at radius 1 is 1.47 bits per heavy atom. The minimum Gasteiger partial charge on any atom is -0.326 e. The number of pyridine rings is 1. The summed E-state index contributed by atoms with van der Waals surface area (Å²) in [6, 6.07) is 3.66. The third-order valence-electron chi connectivity index (χ3n) is 2.91. The highest BCUT2D eigenvalue weighted by atomic mass is 32.2. The number of carbonyl (C=O) groups is 1. The van der Waals surface area contributed by atoms with Crippen molar-refractivity contribution in [1.82, 2.24) is 14.5 Å². The molecule has 2 aromatic rings. The second-order valence-corrected chi connectivity index (χ2v) is 4.99. The highest BCUT2D eigenvalue weighted by Gasteiger charge is 2.18. The van der Waals surface area contributed by atoms with Crippen molar-refractivity contribution in [3.05, 3.63) is 42.2 Å². The summed E-state index contributed by atoms with van der Waals surface area (Å²) < 4.78 is 1.84. The van der Waals surface area contributed by atoms with Crippen LogP contribution in [0.2, 0.25) is 0 Å². The van der Waals surface area contributed by atoms with E-state index in [0.717, 1.165) is 17.3 Å². The number of nitrogens with zero attached hydrogens (tertiary/aromatic N) is 4. The van der Waals surface area contributed by atoms with E-state index in [4.69, 9.17) is 0 Å². The molecule has 0 spiro atoms. The van der Waals surface area contributed by atoms with Crippen LogP contribution in [0.15, 0.2) is 30.7 Å². The van der Waals surface area contributed by atoms with Crippen LogP contribution in [0.25, 0.3) is 0 Å². The van der Waals surface area contributed by atoms with Crippen molar-refractivity contribution in [3.8, 4) is 0 Å². The maximum Gasteiger partial charge on any atom is 0.276 e. The van der Waals surface area contributed by atoms with Crippen LogP contribution in [0.4, 0.5) is 5.69 Å². The van der Waals surface area contributed by atoms with Crippen molar-refractivity contribution in [2.75, 3.05) is 18.2 Å². The van der Waals surface area contributed by atoms with Gasteiger partial charge in [-0.1, -0.05) is 0 Å². The van der Waals surface area contributed by atoms with Crippen LogP contribution < -0.4 is 4.90 Å². The summed E-state index contributed by atoms with van der Waals surface area (Å²) in [6.45, 7) is 0. The van der Waals surface area contributed by atoms with E-state index in [9.17, 15) is 4.79 Å². The number of rotatable bonds is 4. The van der Waals surface area contributed by atoms with Crippen LogP contribution in [0.1, 0.15) is 16.3 Å². The molecule has 2 heterocycles. The van der Waals surface area contributed by atoms with Crippen LogP contribution in [0, 0.1) is 0 Å². The lowest BCUT2D eigenvalue weighted by Crippen LogP contribution is -2.28. The fourth-order valence-corrected chi connectivity index (χ4v) is 2.28. The topological polar surface area (TPSA) is 51.0 Å². The molecule has 19 heavy (non-hydrogen) atoms. The molecule has 0 saturated carbocycles. The van der Waals surface area contributed by atoms with Gasteiger partial charge in [-0.15, -0.1) is 0 Å². The smallest absolute Gasteiger partial charge is 0.276 e. The fraction of sp³-hybridized carbons (Fsp3) is 0.308. The van der Waals surface area contributed by atoms with Crippen LogP contribution in [-0.2, 0) is 12.8 Å². The Hall–Kier alpha value is -1.82. The summed E-state index contributed by atoms with van der Waals surface area (Å²) in [5.74, 6) is 1.60. The lowest BCUT2D eigenvalue weighted by Gasteiger charge is -2.17. The van der Waals surface area contributed by atoms with Gasteiger partial charge in [-0.25, -0.2) is 4.98 Å². The third-order valence-corrected chi connectivity index (χ3v) is 3.46. The maximum absolute atomic E-state index is 12.4. The third kappa shape index (κ3) is 2.78. The Morgan fingerprint density at radius 3 is 2.89 bits per heavy atom. The van der Waals surface area contributed by atoms with Gasteiger partial charge in [0.2, 0.25) is 0 Å². The molecule has 2 rings (SSSR count). The molecule has 6 heteroatoms. The number of hydrogen-bond donors (Lipinski definition) is 0. The van der Waals surface area contributed by atoms with E-state index in [1.807, 2.05) is 30.0 Å². The highest BCUT2D eigenvalue weighted by Crippen LogP contribution is 2.15. The minimum atomic E-state index is -0.0876. The average Bonchev–Trinajstić information content (AvgIpc) is 2.80. The predicted octanol–water partition coefficient (Wildman–Crippen LogP) is 1.95. The van der Waals surface area contributed by atoms with Gasteiger partial charge in [-0.2, -0.15) is 11.8 Å². The molecule has 0 aromatic carbocycles. The van der Waals surface area contributed by atoms with Crippen LogP contribution in [0.3, 0.4) is 0 Å². The van der Waals surface area contributed by atoms with E-state index in [0.29, 0.717) is 5.69 Å². The van der Waals surface area contributed by atoms with Crippen molar-refractivity contribution < 1.29 is 4.79 Å². The molecule has 1 amide bonds. The van der Waals surface area contributed by atoms with Crippen molar-refractivity contribution >= 4 is 23.4 Å². The SMILES string of the molecule is CSCc1ncc(C(=O)N(C)c2cccnc2)n1C. The zero-order valence-electron chi connectivity index (χ0n) is 11.2. The zero-order chi connectivity index (χ0) is 13.8. The summed E-state index contributed by atoms with van der Waals surface area (Å²) in [7, 11) is 3.60. The van der Waals surface area contributed by atoms with E-state index in [2.05, 4.69) is 9.97 Å². The summed E-state index contributed by atoms with van der Waals surface area (Å²) in [5.41, 5.74) is 1.34. The fourth-order valence-electron chi connectivity index (χ4n) is 1.75. The molecule has 0 fully saturated rings. The Morgan fingerprint density at radius 2 is 2.26 bits per heavy atom. The molecule has 0 aliphatic carbocycles. The highest BCUT2D eigenvalue weighted by molar-refractivity contribution is 7.97. The first-order chi connectivity index (χ1) is 9.15.